The van der Waals surface area contributed by atoms with Gasteiger partial charge in [0.05, 0.1) is 13.1 Å². The third kappa shape index (κ3) is 4.67. The van der Waals surface area contributed by atoms with Gasteiger partial charge in [-0.2, -0.15) is 0 Å². The van der Waals surface area contributed by atoms with Gasteiger partial charge in [-0.25, -0.2) is 0 Å². The molecule has 0 unspecified atom stereocenters. The van der Waals surface area contributed by atoms with Gasteiger partial charge in [-0.1, -0.05) is 0 Å². The standard InChI is InChI=1S/C17H30N4O2/c1-18(14-4-5-14)16(22)12-20-8-3-9-21(11-10-20)13-17(23)19(2)15-6-7-15/h14-15H,3-13H2,1-2H3. The summed E-state index contributed by atoms with van der Waals surface area (Å²) in [4.78, 5) is 32.8. The summed E-state index contributed by atoms with van der Waals surface area (Å²) in [7, 11) is 3.85. The molecule has 2 aliphatic carbocycles. The van der Waals surface area contributed by atoms with Gasteiger partial charge in [-0.15, -0.1) is 0 Å². The average molecular weight is 322 g/mol. The summed E-state index contributed by atoms with van der Waals surface area (Å²) in [5.74, 6) is 0.482. The number of rotatable bonds is 6. The first-order valence-electron chi connectivity index (χ1n) is 9.00. The Balaban J connectivity index is 1.41. The third-order valence-corrected chi connectivity index (χ3v) is 5.37. The Morgan fingerprint density at radius 2 is 1.17 bits per heavy atom. The Hall–Kier alpha value is -1.14. The zero-order valence-electron chi connectivity index (χ0n) is 14.5. The number of amides is 2. The Kier molecular flexibility index (Phi) is 5.21. The van der Waals surface area contributed by atoms with E-state index in [9.17, 15) is 9.59 Å². The minimum absolute atomic E-state index is 0.241. The van der Waals surface area contributed by atoms with E-state index in [2.05, 4.69) is 9.80 Å². The number of likely N-dealkylation sites (N-methyl/N-ethyl adjacent to an activating group) is 2. The van der Waals surface area contributed by atoms with Gasteiger partial charge in [0.15, 0.2) is 0 Å². The summed E-state index contributed by atoms with van der Waals surface area (Å²) < 4.78 is 0. The lowest BCUT2D eigenvalue weighted by Gasteiger charge is -2.25. The van der Waals surface area contributed by atoms with Crippen molar-refractivity contribution in [3.05, 3.63) is 0 Å². The molecule has 0 aromatic carbocycles. The molecule has 0 N–H and O–H groups in total. The van der Waals surface area contributed by atoms with Crippen molar-refractivity contribution in [3.8, 4) is 0 Å². The molecule has 0 radical (unpaired) electrons. The topological polar surface area (TPSA) is 47.1 Å². The molecule has 130 valence electrons. The second-order valence-electron chi connectivity index (χ2n) is 7.38. The van der Waals surface area contributed by atoms with E-state index in [4.69, 9.17) is 0 Å². The normalized spacial score (nSPS) is 23.4. The number of carbonyl (C=O) groups is 2. The Morgan fingerprint density at radius 3 is 1.52 bits per heavy atom. The molecule has 1 saturated heterocycles. The van der Waals surface area contributed by atoms with Gasteiger partial charge in [-0.05, 0) is 45.2 Å². The summed E-state index contributed by atoms with van der Waals surface area (Å²) in [6.07, 6.45) is 5.67. The lowest BCUT2D eigenvalue weighted by molar-refractivity contribution is -0.132. The number of nitrogens with zero attached hydrogens (tertiary/aromatic N) is 4. The maximum atomic E-state index is 12.2. The molecule has 3 rings (SSSR count). The Morgan fingerprint density at radius 1 is 0.783 bits per heavy atom. The van der Waals surface area contributed by atoms with E-state index in [0.717, 1.165) is 58.3 Å². The molecule has 0 atom stereocenters. The molecule has 0 aromatic heterocycles. The van der Waals surface area contributed by atoms with Crippen LogP contribution in [0.25, 0.3) is 0 Å². The summed E-state index contributed by atoms with van der Waals surface area (Å²) in [6.45, 7) is 4.71. The van der Waals surface area contributed by atoms with Crippen LogP contribution in [0.3, 0.4) is 0 Å². The molecule has 1 heterocycles. The zero-order chi connectivity index (χ0) is 16.4. The summed E-state index contributed by atoms with van der Waals surface area (Å²) in [5, 5.41) is 0. The quantitative estimate of drug-likeness (QED) is 0.703. The molecule has 0 spiro atoms. The van der Waals surface area contributed by atoms with Crippen LogP contribution in [0.15, 0.2) is 0 Å². The molecule has 2 saturated carbocycles. The van der Waals surface area contributed by atoms with E-state index in [1.54, 1.807) is 0 Å². The zero-order valence-corrected chi connectivity index (χ0v) is 14.5. The van der Waals surface area contributed by atoms with Crippen LogP contribution in [-0.4, -0.2) is 96.9 Å². The molecular formula is C17H30N4O2. The van der Waals surface area contributed by atoms with Crippen LogP contribution < -0.4 is 0 Å². The van der Waals surface area contributed by atoms with Crippen molar-refractivity contribution >= 4 is 11.8 Å². The molecule has 0 bridgehead atoms. The highest BCUT2D eigenvalue weighted by atomic mass is 16.2. The van der Waals surface area contributed by atoms with Gasteiger partial charge in [0.1, 0.15) is 0 Å². The SMILES string of the molecule is CN(C(=O)CN1CCCN(CC(=O)N(C)C2CC2)CC1)C1CC1. The molecule has 1 aliphatic heterocycles. The van der Waals surface area contributed by atoms with Crippen LogP contribution in [-0.2, 0) is 9.59 Å². The third-order valence-electron chi connectivity index (χ3n) is 5.37. The summed E-state index contributed by atoms with van der Waals surface area (Å²) in [6, 6.07) is 0.975. The smallest absolute Gasteiger partial charge is 0.236 e. The van der Waals surface area contributed by atoms with Crippen LogP contribution in [0.2, 0.25) is 0 Å². The predicted octanol–water partition coefficient (Wildman–Crippen LogP) is 0.236. The molecule has 3 fully saturated rings. The van der Waals surface area contributed by atoms with Gasteiger partial charge in [0, 0.05) is 39.3 Å². The minimum Gasteiger partial charge on any atom is -0.342 e. The van der Waals surface area contributed by atoms with Crippen LogP contribution >= 0.6 is 0 Å². The highest BCUT2D eigenvalue weighted by Gasteiger charge is 2.32. The first kappa shape index (κ1) is 16.7. The van der Waals surface area contributed by atoms with Gasteiger partial charge < -0.3 is 9.80 Å². The van der Waals surface area contributed by atoms with E-state index in [0.29, 0.717) is 25.2 Å². The fourth-order valence-electron chi connectivity index (χ4n) is 3.28. The van der Waals surface area contributed by atoms with E-state index < -0.39 is 0 Å². The number of hydrogen-bond donors (Lipinski definition) is 0. The van der Waals surface area contributed by atoms with Gasteiger partial charge in [-0.3, -0.25) is 19.4 Å². The molecule has 3 aliphatic rings. The van der Waals surface area contributed by atoms with Crippen LogP contribution in [0.4, 0.5) is 0 Å². The second-order valence-corrected chi connectivity index (χ2v) is 7.38. The van der Waals surface area contributed by atoms with Gasteiger partial charge in [0.2, 0.25) is 11.8 Å². The van der Waals surface area contributed by atoms with E-state index in [-0.39, 0.29) is 11.8 Å². The van der Waals surface area contributed by atoms with Crippen LogP contribution in [0, 0.1) is 0 Å². The molecule has 2 amide bonds. The van der Waals surface area contributed by atoms with Crippen molar-refractivity contribution in [1.82, 2.24) is 19.6 Å². The maximum absolute atomic E-state index is 12.2. The van der Waals surface area contributed by atoms with E-state index in [1.807, 2.05) is 23.9 Å². The number of hydrogen-bond acceptors (Lipinski definition) is 4. The first-order chi connectivity index (χ1) is 11.0. The minimum atomic E-state index is 0.241. The van der Waals surface area contributed by atoms with E-state index in [1.165, 1.54) is 0 Å². The second kappa shape index (κ2) is 7.18. The summed E-state index contributed by atoms with van der Waals surface area (Å²) >= 11 is 0. The molecule has 23 heavy (non-hydrogen) atoms. The highest BCUT2D eigenvalue weighted by Crippen LogP contribution is 2.26. The van der Waals surface area contributed by atoms with Gasteiger partial charge >= 0.3 is 0 Å². The fourth-order valence-corrected chi connectivity index (χ4v) is 3.28. The highest BCUT2D eigenvalue weighted by molar-refractivity contribution is 5.79. The Labute approximate surface area is 139 Å². The van der Waals surface area contributed by atoms with E-state index >= 15 is 0 Å². The van der Waals surface area contributed by atoms with Crippen molar-refractivity contribution in [2.45, 2.75) is 44.2 Å². The van der Waals surface area contributed by atoms with Crippen LogP contribution in [0.5, 0.6) is 0 Å². The largest absolute Gasteiger partial charge is 0.342 e. The molecule has 6 nitrogen and oxygen atoms in total. The molecule has 6 heteroatoms. The maximum Gasteiger partial charge on any atom is 0.236 e. The first-order valence-corrected chi connectivity index (χ1v) is 9.00. The summed E-state index contributed by atoms with van der Waals surface area (Å²) in [5.41, 5.74) is 0. The lowest BCUT2D eigenvalue weighted by Crippen LogP contribution is -2.42. The lowest BCUT2D eigenvalue weighted by atomic mass is 10.3. The number of carbonyl (C=O) groups excluding carboxylic acids is 2. The van der Waals surface area contributed by atoms with Crippen molar-refractivity contribution in [2.24, 2.45) is 0 Å². The monoisotopic (exact) mass is 322 g/mol. The average Bonchev–Trinajstić information content (AvgIpc) is 3.41. The molecular weight excluding hydrogens is 292 g/mol. The van der Waals surface area contributed by atoms with Gasteiger partial charge in [0.25, 0.3) is 0 Å². The predicted molar refractivity (Wildman–Crippen MR) is 89.1 cm³/mol. The van der Waals surface area contributed by atoms with Crippen molar-refractivity contribution in [2.75, 3.05) is 53.4 Å². The Bertz CT molecular complexity index is 408. The van der Waals surface area contributed by atoms with Crippen molar-refractivity contribution in [1.29, 1.82) is 0 Å². The molecule has 0 aromatic rings. The fraction of sp³-hybridized carbons (Fsp3) is 0.882. The van der Waals surface area contributed by atoms with Crippen molar-refractivity contribution in [3.63, 3.8) is 0 Å². The van der Waals surface area contributed by atoms with Crippen LogP contribution in [0.1, 0.15) is 32.1 Å². The van der Waals surface area contributed by atoms with Crippen molar-refractivity contribution < 1.29 is 9.59 Å².